The SMILES string of the molecule is CCCNC(C#N)COCCC1CC1. The predicted molar refractivity (Wildman–Crippen MR) is 55.9 cm³/mol. The molecule has 3 heteroatoms. The van der Waals surface area contributed by atoms with Gasteiger partial charge in [-0.2, -0.15) is 5.26 Å². The Hall–Kier alpha value is -0.590. The minimum Gasteiger partial charge on any atom is -0.379 e. The molecule has 0 heterocycles. The van der Waals surface area contributed by atoms with Gasteiger partial charge in [-0.05, 0) is 25.3 Å². The van der Waals surface area contributed by atoms with E-state index in [0.29, 0.717) is 6.61 Å². The van der Waals surface area contributed by atoms with Gasteiger partial charge < -0.3 is 10.1 Å². The Morgan fingerprint density at radius 1 is 1.57 bits per heavy atom. The third-order valence-electron chi connectivity index (χ3n) is 2.45. The summed E-state index contributed by atoms with van der Waals surface area (Å²) < 4.78 is 5.45. The van der Waals surface area contributed by atoms with Gasteiger partial charge in [0, 0.05) is 6.61 Å². The van der Waals surface area contributed by atoms with Crippen LogP contribution in [0.3, 0.4) is 0 Å². The first kappa shape index (κ1) is 11.5. The lowest BCUT2D eigenvalue weighted by Gasteiger charge is -2.10. The third kappa shape index (κ3) is 5.21. The van der Waals surface area contributed by atoms with E-state index in [0.717, 1.165) is 25.5 Å². The topological polar surface area (TPSA) is 45.0 Å². The molecule has 1 aliphatic carbocycles. The molecule has 14 heavy (non-hydrogen) atoms. The maximum Gasteiger partial charge on any atom is 0.119 e. The Morgan fingerprint density at radius 2 is 2.36 bits per heavy atom. The first-order valence-corrected chi connectivity index (χ1v) is 5.57. The van der Waals surface area contributed by atoms with Crippen LogP contribution in [0.1, 0.15) is 32.6 Å². The highest BCUT2D eigenvalue weighted by Crippen LogP contribution is 2.31. The lowest BCUT2D eigenvalue weighted by Crippen LogP contribution is -2.32. The van der Waals surface area contributed by atoms with Gasteiger partial charge in [-0.15, -0.1) is 0 Å². The van der Waals surface area contributed by atoms with Crippen LogP contribution >= 0.6 is 0 Å². The Balaban J connectivity index is 1.93. The Labute approximate surface area is 86.4 Å². The van der Waals surface area contributed by atoms with Crippen molar-refractivity contribution in [2.75, 3.05) is 19.8 Å². The molecule has 0 radical (unpaired) electrons. The highest BCUT2D eigenvalue weighted by Gasteiger charge is 2.20. The first-order chi connectivity index (χ1) is 6.86. The van der Waals surface area contributed by atoms with Crippen molar-refractivity contribution in [3.8, 4) is 6.07 Å². The van der Waals surface area contributed by atoms with Gasteiger partial charge in [-0.25, -0.2) is 0 Å². The van der Waals surface area contributed by atoms with E-state index in [2.05, 4.69) is 18.3 Å². The Bertz CT molecular complexity index is 184. The highest BCUT2D eigenvalue weighted by atomic mass is 16.5. The summed E-state index contributed by atoms with van der Waals surface area (Å²) in [6.07, 6.45) is 4.98. The van der Waals surface area contributed by atoms with Crippen molar-refractivity contribution < 1.29 is 4.74 Å². The summed E-state index contributed by atoms with van der Waals surface area (Å²) in [7, 11) is 0. The normalized spacial score (nSPS) is 17.7. The molecule has 0 amide bonds. The second-order valence-corrected chi connectivity index (χ2v) is 3.94. The van der Waals surface area contributed by atoms with Crippen LogP contribution in [0.15, 0.2) is 0 Å². The van der Waals surface area contributed by atoms with Crippen LogP contribution in [0.25, 0.3) is 0 Å². The molecule has 1 fully saturated rings. The van der Waals surface area contributed by atoms with Crippen LogP contribution in [0, 0.1) is 17.2 Å². The molecule has 0 aromatic rings. The third-order valence-corrected chi connectivity index (χ3v) is 2.45. The molecule has 0 aromatic carbocycles. The largest absolute Gasteiger partial charge is 0.379 e. The molecule has 1 rings (SSSR count). The lowest BCUT2D eigenvalue weighted by atomic mass is 10.3. The fraction of sp³-hybridized carbons (Fsp3) is 0.909. The Kier molecular flexibility index (Phi) is 5.58. The van der Waals surface area contributed by atoms with Gasteiger partial charge in [0.2, 0.25) is 0 Å². The molecule has 0 saturated heterocycles. The zero-order valence-electron chi connectivity index (χ0n) is 8.96. The van der Waals surface area contributed by atoms with Crippen molar-refractivity contribution in [1.82, 2.24) is 5.32 Å². The van der Waals surface area contributed by atoms with Crippen LogP contribution < -0.4 is 5.32 Å². The van der Waals surface area contributed by atoms with E-state index in [4.69, 9.17) is 10.00 Å². The minimum atomic E-state index is -0.130. The van der Waals surface area contributed by atoms with Crippen molar-refractivity contribution in [3.05, 3.63) is 0 Å². The van der Waals surface area contributed by atoms with Crippen molar-refractivity contribution in [2.24, 2.45) is 5.92 Å². The van der Waals surface area contributed by atoms with E-state index in [1.165, 1.54) is 19.3 Å². The smallest absolute Gasteiger partial charge is 0.119 e. The quantitative estimate of drug-likeness (QED) is 0.601. The average molecular weight is 196 g/mol. The maximum absolute atomic E-state index is 8.78. The number of nitrogens with zero attached hydrogens (tertiary/aromatic N) is 1. The van der Waals surface area contributed by atoms with Crippen LogP contribution in [-0.2, 0) is 4.74 Å². The van der Waals surface area contributed by atoms with Gasteiger partial charge in [0.25, 0.3) is 0 Å². The van der Waals surface area contributed by atoms with E-state index in [1.54, 1.807) is 0 Å². The molecule has 0 spiro atoms. The number of nitriles is 1. The lowest BCUT2D eigenvalue weighted by molar-refractivity contribution is 0.118. The van der Waals surface area contributed by atoms with E-state index in [1.807, 2.05) is 0 Å². The summed E-state index contributed by atoms with van der Waals surface area (Å²) in [6, 6.07) is 2.07. The Morgan fingerprint density at radius 3 is 2.93 bits per heavy atom. The monoisotopic (exact) mass is 196 g/mol. The molecular weight excluding hydrogens is 176 g/mol. The number of rotatable bonds is 8. The van der Waals surface area contributed by atoms with Crippen LogP contribution in [-0.4, -0.2) is 25.8 Å². The van der Waals surface area contributed by atoms with E-state index < -0.39 is 0 Å². The van der Waals surface area contributed by atoms with Crippen molar-refractivity contribution in [1.29, 1.82) is 5.26 Å². The second kappa shape index (κ2) is 6.80. The van der Waals surface area contributed by atoms with Crippen molar-refractivity contribution in [3.63, 3.8) is 0 Å². The van der Waals surface area contributed by atoms with Crippen LogP contribution in [0.5, 0.6) is 0 Å². The number of hydrogen-bond donors (Lipinski definition) is 1. The fourth-order valence-corrected chi connectivity index (χ4v) is 1.32. The van der Waals surface area contributed by atoms with Crippen LogP contribution in [0.2, 0.25) is 0 Å². The molecule has 1 aliphatic rings. The molecule has 0 aliphatic heterocycles. The zero-order valence-corrected chi connectivity index (χ0v) is 8.96. The summed E-state index contributed by atoms with van der Waals surface area (Å²) in [5.41, 5.74) is 0. The first-order valence-electron chi connectivity index (χ1n) is 5.57. The van der Waals surface area contributed by atoms with Gasteiger partial charge in [0.15, 0.2) is 0 Å². The van der Waals surface area contributed by atoms with E-state index >= 15 is 0 Å². The number of hydrogen-bond acceptors (Lipinski definition) is 3. The standard InChI is InChI=1S/C11H20N2O/c1-2-6-13-11(8-12)9-14-7-5-10-3-4-10/h10-11,13H,2-7,9H2,1H3. The molecule has 0 aromatic heterocycles. The molecule has 1 atom stereocenters. The number of nitrogens with one attached hydrogen (secondary N) is 1. The van der Waals surface area contributed by atoms with Gasteiger partial charge in [0.05, 0.1) is 12.7 Å². The van der Waals surface area contributed by atoms with Crippen molar-refractivity contribution in [2.45, 2.75) is 38.6 Å². The fourth-order valence-electron chi connectivity index (χ4n) is 1.32. The van der Waals surface area contributed by atoms with Crippen LogP contribution in [0.4, 0.5) is 0 Å². The van der Waals surface area contributed by atoms with Gasteiger partial charge in [-0.3, -0.25) is 0 Å². The summed E-state index contributed by atoms with van der Waals surface area (Å²) in [6.45, 7) is 4.33. The zero-order chi connectivity index (χ0) is 10.2. The van der Waals surface area contributed by atoms with Gasteiger partial charge in [-0.1, -0.05) is 19.8 Å². The summed E-state index contributed by atoms with van der Waals surface area (Å²) >= 11 is 0. The summed E-state index contributed by atoms with van der Waals surface area (Å²) in [5.74, 6) is 0.916. The second-order valence-electron chi connectivity index (χ2n) is 3.94. The highest BCUT2D eigenvalue weighted by molar-refractivity contribution is 4.89. The van der Waals surface area contributed by atoms with Gasteiger partial charge >= 0.3 is 0 Å². The van der Waals surface area contributed by atoms with E-state index in [9.17, 15) is 0 Å². The predicted octanol–water partition coefficient (Wildman–Crippen LogP) is 1.69. The maximum atomic E-state index is 8.78. The molecule has 1 unspecified atom stereocenters. The molecule has 0 bridgehead atoms. The van der Waals surface area contributed by atoms with Crippen molar-refractivity contribution >= 4 is 0 Å². The minimum absolute atomic E-state index is 0.130. The summed E-state index contributed by atoms with van der Waals surface area (Å²) in [5, 5.41) is 11.9. The molecular formula is C11H20N2O. The molecule has 1 saturated carbocycles. The van der Waals surface area contributed by atoms with Gasteiger partial charge in [0.1, 0.15) is 6.04 Å². The molecule has 1 N–H and O–H groups in total. The summed E-state index contributed by atoms with van der Waals surface area (Å²) in [4.78, 5) is 0. The van der Waals surface area contributed by atoms with E-state index in [-0.39, 0.29) is 6.04 Å². The molecule has 3 nitrogen and oxygen atoms in total. The number of ether oxygens (including phenoxy) is 1. The molecule has 80 valence electrons. The average Bonchev–Trinajstić information content (AvgIpc) is 3.01.